The molecule has 1 atom stereocenters. The van der Waals surface area contributed by atoms with E-state index in [0.29, 0.717) is 16.3 Å². The Morgan fingerprint density at radius 1 is 1.25 bits per heavy atom. The highest BCUT2D eigenvalue weighted by atomic mass is 35.5. The number of rotatable bonds is 4. The van der Waals surface area contributed by atoms with Gasteiger partial charge in [0.05, 0.1) is 9.90 Å². The van der Waals surface area contributed by atoms with Gasteiger partial charge in [0.15, 0.2) is 0 Å². The molecule has 1 aromatic carbocycles. The molecule has 1 unspecified atom stereocenters. The van der Waals surface area contributed by atoms with Crippen LogP contribution in [0, 0.1) is 0 Å². The van der Waals surface area contributed by atoms with Gasteiger partial charge in [0, 0.05) is 17.3 Å². The fourth-order valence-electron chi connectivity index (χ4n) is 1.98. The SMILES string of the molecule is CNC(Cc1ccc(Cl)s1)c1cccc(C(F)(F)F)c1. The zero-order valence-corrected chi connectivity index (χ0v) is 12.2. The summed E-state index contributed by atoms with van der Waals surface area (Å²) in [4.78, 5) is 1.03. The Morgan fingerprint density at radius 2 is 2.00 bits per heavy atom. The number of hydrogen-bond donors (Lipinski definition) is 1. The van der Waals surface area contributed by atoms with E-state index in [4.69, 9.17) is 11.6 Å². The maximum absolute atomic E-state index is 12.7. The summed E-state index contributed by atoms with van der Waals surface area (Å²) >= 11 is 7.31. The van der Waals surface area contributed by atoms with Crippen molar-refractivity contribution in [3.05, 3.63) is 56.7 Å². The van der Waals surface area contributed by atoms with Crippen molar-refractivity contribution in [3.63, 3.8) is 0 Å². The number of halogens is 4. The van der Waals surface area contributed by atoms with Gasteiger partial charge in [-0.2, -0.15) is 13.2 Å². The molecule has 108 valence electrons. The van der Waals surface area contributed by atoms with Gasteiger partial charge < -0.3 is 5.32 Å². The Bertz CT molecular complexity index is 580. The molecule has 0 aliphatic rings. The number of benzene rings is 1. The normalized spacial score (nSPS) is 13.4. The topological polar surface area (TPSA) is 12.0 Å². The number of alkyl halides is 3. The maximum Gasteiger partial charge on any atom is 0.416 e. The first kappa shape index (κ1) is 15.4. The van der Waals surface area contributed by atoms with Crippen LogP contribution in [0.15, 0.2) is 36.4 Å². The molecule has 0 saturated carbocycles. The first-order valence-electron chi connectivity index (χ1n) is 5.99. The van der Waals surface area contributed by atoms with Crippen molar-refractivity contribution in [2.24, 2.45) is 0 Å². The second-order valence-electron chi connectivity index (χ2n) is 4.37. The van der Waals surface area contributed by atoms with E-state index in [9.17, 15) is 13.2 Å². The lowest BCUT2D eigenvalue weighted by atomic mass is 10.0. The molecule has 0 amide bonds. The lowest BCUT2D eigenvalue weighted by molar-refractivity contribution is -0.137. The molecule has 1 heterocycles. The predicted molar refractivity (Wildman–Crippen MR) is 76.3 cm³/mol. The molecule has 2 rings (SSSR count). The van der Waals surface area contributed by atoms with Gasteiger partial charge in [0.25, 0.3) is 0 Å². The quantitative estimate of drug-likeness (QED) is 0.843. The van der Waals surface area contributed by atoms with Gasteiger partial charge >= 0.3 is 6.18 Å². The summed E-state index contributed by atoms with van der Waals surface area (Å²) < 4.78 is 38.9. The first-order chi connectivity index (χ1) is 9.40. The van der Waals surface area contributed by atoms with Crippen molar-refractivity contribution in [3.8, 4) is 0 Å². The lowest BCUT2D eigenvalue weighted by Crippen LogP contribution is -2.19. The van der Waals surface area contributed by atoms with Gasteiger partial charge in [0.2, 0.25) is 0 Å². The molecule has 0 aliphatic heterocycles. The van der Waals surface area contributed by atoms with Gasteiger partial charge in [-0.3, -0.25) is 0 Å². The first-order valence-corrected chi connectivity index (χ1v) is 7.18. The molecule has 1 N–H and O–H groups in total. The molecular weight excluding hydrogens is 307 g/mol. The third kappa shape index (κ3) is 3.75. The van der Waals surface area contributed by atoms with Gasteiger partial charge in [-0.1, -0.05) is 23.7 Å². The Balaban J connectivity index is 2.23. The van der Waals surface area contributed by atoms with Crippen molar-refractivity contribution in [1.29, 1.82) is 0 Å². The minimum absolute atomic E-state index is 0.174. The van der Waals surface area contributed by atoms with Crippen molar-refractivity contribution in [2.75, 3.05) is 7.05 Å². The number of thiophene rings is 1. The molecule has 0 aliphatic carbocycles. The van der Waals surface area contributed by atoms with Gasteiger partial charge in [0.1, 0.15) is 0 Å². The summed E-state index contributed by atoms with van der Waals surface area (Å²) in [6.45, 7) is 0. The molecule has 0 spiro atoms. The van der Waals surface area contributed by atoms with Crippen molar-refractivity contribution in [1.82, 2.24) is 5.32 Å². The molecule has 0 saturated heterocycles. The van der Waals surface area contributed by atoms with E-state index in [2.05, 4.69) is 5.32 Å². The predicted octanol–water partition coefficient (Wildman–Crippen LogP) is 4.92. The Morgan fingerprint density at radius 3 is 2.55 bits per heavy atom. The zero-order chi connectivity index (χ0) is 14.8. The van der Waals surface area contributed by atoms with Crippen molar-refractivity contribution < 1.29 is 13.2 Å². The molecule has 0 fully saturated rings. The molecule has 1 nitrogen and oxygen atoms in total. The van der Waals surface area contributed by atoms with E-state index < -0.39 is 11.7 Å². The summed E-state index contributed by atoms with van der Waals surface area (Å²) in [5.41, 5.74) is -0.00805. The smallest absolute Gasteiger partial charge is 0.313 e. The summed E-state index contributed by atoms with van der Waals surface area (Å²) in [6.07, 6.45) is -3.71. The summed E-state index contributed by atoms with van der Waals surface area (Å²) in [6, 6.07) is 8.92. The monoisotopic (exact) mass is 319 g/mol. The fourth-order valence-corrected chi connectivity index (χ4v) is 3.11. The minimum atomic E-state index is -4.32. The number of hydrogen-bond acceptors (Lipinski definition) is 2. The standard InChI is InChI=1S/C14H13ClF3NS/c1-19-12(8-11-5-6-13(15)20-11)9-3-2-4-10(7-9)14(16,17)18/h2-7,12,19H,8H2,1H3. The van der Waals surface area contributed by atoms with Gasteiger partial charge in [-0.15, -0.1) is 11.3 Å². The van der Waals surface area contributed by atoms with Crippen molar-refractivity contribution in [2.45, 2.75) is 18.6 Å². The largest absolute Gasteiger partial charge is 0.416 e. The van der Waals surface area contributed by atoms with Crippen LogP contribution in [0.3, 0.4) is 0 Å². The van der Waals surface area contributed by atoms with Crippen LogP contribution in [0.2, 0.25) is 4.34 Å². The summed E-state index contributed by atoms with van der Waals surface area (Å²) in [7, 11) is 1.74. The maximum atomic E-state index is 12.7. The molecule has 2 aromatic rings. The van der Waals surface area contributed by atoms with Crippen LogP contribution in [0.1, 0.15) is 22.0 Å². The lowest BCUT2D eigenvalue weighted by Gasteiger charge is -2.17. The average Bonchev–Trinajstić information content (AvgIpc) is 2.81. The van der Waals surface area contributed by atoms with E-state index in [1.54, 1.807) is 19.2 Å². The van der Waals surface area contributed by atoms with Crippen LogP contribution in [0.25, 0.3) is 0 Å². The second-order valence-corrected chi connectivity index (χ2v) is 6.17. The summed E-state index contributed by atoms with van der Waals surface area (Å²) in [5.74, 6) is 0. The Labute approximate surface area is 124 Å². The van der Waals surface area contributed by atoms with E-state index in [-0.39, 0.29) is 6.04 Å². The van der Waals surface area contributed by atoms with Gasteiger partial charge in [-0.05, 0) is 36.9 Å². The third-order valence-electron chi connectivity index (χ3n) is 3.00. The Hall–Kier alpha value is -1.04. The van der Waals surface area contributed by atoms with Crippen LogP contribution < -0.4 is 5.32 Å². The van der Waals surface area contributed by atoms with Crippen LogP contribution >= 0.6 is 22.9 Å². The molecule has 20 heavy (non-hydrogen) atoms. The van der Waals surface area contributed by atoms with Crippen LogP contribution in [-0.4, -0.2) is 7.05 Å². The molecule has 6 heteroatoms. The zero-order valence-electron chi connectivity index (χ0n) is 10.7. The summed E-state index contributed by atoms with van der Waals surface area (Å²) in [5, 5.41) is 3.05. The van der Waals surface area contributed by atoms with Crippen LogP contribution in [-0.2, 0) is 12.6 Å². The van der Waals surface area contributed by atoms with Crippen LogP contribution in [0.5, 0.6) is 0 Å². The number of nitrogens with one attached hydrogen (secondary N) is 1. The molecule has 1 aromatic heterocycles. The fraction of sp³-hybridized carbons (Fsp3) is 0.286. The highest BCUT2D eigenvalue weighted by Crippen LogP contribution is 2.32. The second kappa shape index (κ2) is 6.16. The Kier molecular flexibility index (Phi) is 4.73. The van der Waals surface area contributed by atoms with Gasteiger partial charge in [-0.25, -0.2) is 0 Å². The highest BCUT2D eigenvalue weighted by molar-refractivity contribution is 7.16. The van der Waals surface area contributed by atoms with Crippen LogP contribution in [0.4, 0.5) is 13.2 Å². The molecule has 0 bridgehead atoms. The number of likely N-dealkylation sites (N-methyl/N-ethyl adjacent to an activating group) is 1. The molecule has 0 radical (unpaired) electrons. The minimum Gasteiger partial charge on any atom is -0.313 e. The van der Waals surface area contributed by atoms with E-state index in [0.717, 1.165) is 10.9 Å². The van der Waals surface area contributed by atoms with E-state index in [1.807, 2.05) is 6.07 Å². The van der Waals surface area contributed by atoms with E-state index >= 15 is 0 Å². The highest BCUT2D eigenvalue weighted by Gasteiger charge is 2.30. The van der Waals surface area contributed by atoms with E-state index in [1.165, 1.54) is 23.5 Å². The van der Waals surface area contributed by atoms with Crippen molar-refractivity contribution >= 4 is 22.9 Å². The third-order valence-corrected chi connectivity index (χ3v) is 4.25. The average molecular weight is 320 g/mol. The molecular formula is C14H13ClF3NS.